The molecule has 0 aliphatic carbocycles. The maximum absolute atomic E-state index is 13.2. The van der Waals surface area contributed by atoms with Crippen LogP contribution in [0.4, 0.5) is 10.1 Å². The van der Waals surface area contributed by atoms with Gasteiger partial charge in [0.25, 0.3) is 5.69 Å². The van der Waals surface area contributed by atoms with Crippen molar-refractivity contribution in [3.63, 3.8) is 0 Å². The summed E-state index contributed by atoms with van der Waals surface area (Å²) in [6.07, 6.45) is 5.40. The summed E-state index contributed by atoms with van der Waals surface area (Å²) in [6.45, 7) is 4.59. The molecule has 0 radical (unpaired) electrons. The Kier molecular flexibility index (Phi) is 7.15. The minimum absolute atomic E-state index is 0.0235. The zero-order valence-electron chi connectivity index (χ0n) is 12.2. The standard InChI is InChI=1S/C15H23FN2O2/c1-3-5-7-14(6-4-2)17-11-12-10-13(16)8-9-15(12)18(19)20/h8-10,14,17H,3-7,11H2,1-2H3. The van der Waals surface area contributed by atoms with E-state index in [0.29, 0.717) is 18.2 Å². The summed E-state index contributed by atoms with van der Waals surface area (Å²) in [5.41, 5.74) is 0.386. The zero-order chi connectivity index (χ0) is 15.0. The van der Waals surface area contributed by atoms with Crippen molar-refractivity contribution in [2.75, 3.05) is 0 Å². The van der Waals surface area contributed by atoms with Gasteiger partial charge in [-0.3, -0.25) is 10.1 Å². The molecule has 0 heterocycles. The second-order valence-corrected chi connectivity index (χ2v) is 5.04. The molecular formula is C15H23FN2O2. The number of nitro groups is 1. The number of hydrogen-bond acceptors (Lipinski definition) is 3. The third-order valence-electron chi connectivity index (χ3n) is 3.36. The lowest BCUT2D eigenvalue weighted by molar-refractivity contribution is -0.385. The van der Waals surface area contributed by atoms with E-state index in [4.69, 9.17) is 0 Å². The fourth-order valence-electron chi connectivity index (χ4n) is 2.28. The molecular weight excluding hydrogens is 259 g/mol. The molecule has 1 unspecified atom stereocenters. The van der Waals surface area contributed by atoms with Crippen LogP contribution in [0.2, 0.25) is 0 Å². The Morgan fingerprint density at radius 2 is 2.05 bits per heavy atom. The van der Waals surface area contributed by atoms with Crippen molar-refractivity contribution in [1.82, 2.24) is 5.32 Å². The molecule has 0 aliphatic heterocycles. The molecule has 0 saturated carbocycles. The molecule has 0 spiro atoms. The summed E-state index contributed by atoms with van der Waals surface area (Å²) < 4.78 is 13.2. The van der Waals surface area contributed by atoms with E-state index in [1.54, 1.807) is 0 Å². The molecule has 1 atom stereocenters. The quantitative estimate of drug-likeness (QED) is 0.546. The van der Waals surface area contributed by atoms with Crippen LogP contribution in [0.25, 0.3) is 0 Å². The number of nitrogens with zero attached hydrogens (tertiary/aromatic N) is 1. The van der Waals surface area contributed by atoms with Crippen molar-refractivity contribution < 1.29 is 9.31 Å². The highest BCUT2D eigenvalue weighted by Crippen LogP contribution is 2.20. The Hall–Kier alpha value is -1.49. The van der Waals surface area contributed by atoms with Gasteiger partial charge in [0.15, 0.2) is 0 Å². The highest BCUT2D eigenvalue weighted by molar-refractivity contribution is 5.40. The lowest BCUT2D eigenvalue weighted by atomic mass is 10.0. The van der Waals surface area contributed by atoms with Crippen LogP contribution in [-0.2, 0) is 6.54 Å². The van der Waals surface area contributed by atoms with Gasteiger partial charge in [0.05, 0.1) is 4.92 Å². The van der Waals surface area contributed by atoms with Gasteiger partial charge in [-0.15, -0.1) is 0 Å². The summed E-state index contributed by atoms with van der Waals surface area (Å²) in [4.78, 5) is 10.5. The van der Waals surface area contributed by atoms with Crippen molar-refractivity contribution in [3.05, 3.63) is 39.7 Å². The van der Waals surface area contributed by atoms with Crippen molar-refractivity contribution in [3.8, 4) is 0 Å². The Bertz CT molecular complexity index is 438. The maximum Gasteiger partial charge on any atom is 0.274 e. The molecule has 0 fully saturated rings. The van der Waals surface area contributed by atoms with Gasteiger partial charge in [-0.1, -0.05) is 33.1 Å². The number of nitro benzene ring substituents is 1. The predicted molar refractivity (Wildman–Crippen MR) is 78.1 cm³/mol. The lowest BCUT2D eigenvalue weighted by Gasteiger charge is -2.17. The fraction of sp³-hybridized carbons (Fsp3) is 0.600. The predicted octanol–water partition coefficient (Wildman–Crippen LogP) is 4.18. The van der Waals surface area contributed by atoms with Crippen LogP contribution >= 0.6 is 0 Å². The summed E-state index contributed by atoms with van der Waals surface area (Å²) in [6, 6.07) is 3.94. The number of nitrogens with one attached hydrogen (secondary N) is 1. The molecule has 0 bridgehead atoms. The molecule has 1 N–H and O–H groups in total. The molecule has 4 nitrogen and oxygen atoms in total. The van der Waals surface area contributed by atoms with E-state index in [0.717, 1.165) is 38.2 Å². The first-order valence-electron chi connectivity index (χ1n) is 7.24. The molecule has 112 valence electrons. The van der Waals surface area contributed by atoms with Gasteiger partial charge in [0.1, 0.15) is 5.82 Å². The monoisotopic (exact) mass is 282 g/mol. The molecule has 1 aromatic carbocycles. The van der Waals surface area contributed by atoms with E-state index < -0.39 is 10.7 Å². The topological polar surface area (TPSA) is 55.2 Å². The summed E-state index contributed by atoms with van der Waals surface area (Å²) in [5.74, 6) is -0.437. The average molecular weight is 282 g/mol. The van der Waals surface area contributed by atoms with Crippen LogP contribution in [0.5, 0.6) is 0 Å². The van der Waals surface area contributed by atoms with Crippen LogP contribution in [0, 0.1) is 15.9 Å². The van der Waals surface area contributed by atoms with E-state index in [-0.39, 0.29) is 5.69 Å². The van der Waals surface area contributed by atoms with Crippen LogP contribution in [0.15, 0.2) is 18.2 Å². The largest absolute Gasteiger partial charge is 0.310 e. The Morgan fingerprint density at radius 1 is 1.30 bits per heavy atom. The Morgan fingerprint density at radius 3 is 2.65 bits per heavy atom. The lowest BCUT2D eigenvalue weighted by Crippen LogP contribution is -2.28. The van der Waals surface area contributed by atoms with Gasteiger partial charge in [0.2, 0.25) is 0 Å². The van der Waals surface area contributed by atoms with Gasteiger partial charge < -0.3 is 5.32 Å². The third kappa shape index (κ3) is 5.25. The number of rotatable bonds is 9. The van der Waals surface area contributed by atoms with Crippen LogP contribution in [0.3, 0.4) is 0 Å². The number of hydrogen-bond donors (Lipinski definition) is 1. The summed E-state index contributed by atoms with van der Waals surface area (Å²) in [7, 11) is 0. The minimum atomic E-state index is -0.461. The highest BCUT2D eigenvalue weighted by atomic mass is 19.1. The second kappa shape index (κ2) is 8.64. The minimum Gasteiger partial charge on any atom is -0.310 e. The number of benzene rings is 1. The average Bonchev–Trinajstić information content (AvgIpc) is 2.41. The van der Waals surface area contributed by atoms with Crippen LogP contribution < -0.4 is 5.32 Å². The van der Waals surface area contributed by atoms with Gasteiger partial charge in [0, 0.05) is 24.2 Å². The summed E-state index contributed by atoms with van der Waals surface area (Å²) >= 11 is 0. The van der Waals surface area contributed by atoms with Crippen molar-refractivity contribution >= 4 is 5.69 Å². The van der Waals surface area contributed by atoms with Crippen LogP contribution in [0.1, 0.15) is 51.5 Å². The zero-order valence-corrected chi connectivity index (χ0v) is 12.2. The molecule has 0 amide bonds. The normalized spacial score (nSPS) is 12.3. The SMILES string of the molecule is CCCCC(CCC)NCc1cc(F)ccc1[N+](=O)[O-]. The number of halogens is 1. The molecule has 20 heavy (non-hydrogen) atoms. The fourth-order valence-corrected chi connectivity index (χ4v) is 2.28. The van der Waals surface area contributed by atoms with Crippen molar-refractivity contribution in [2.45, 2.75) is 58.5 Å². The highest BCUT2D eigenvalue weighted by Gasteiger charge is 2.15. The van der Waals surface area contributed by atoms with Crippen LogP contribution in [-0.4, -0.2) is 11.0 Å². The Balaban J connectivity index is 2.70. The molecule has 1 aromatic rings. The molecule has 0 saturated heterocycles. The smallest absolute Gasteiger partial charge is 0.274 e. The second-order valence-electron chi connectivity index (χ2n) is 5.04. The van der Waals surface area contributed by atoms with Crippen molar-refractivity contribution in [2.24, 2.45) is 0 Å². The first-order chi connectivity index (χ1) is 9.58. The maximum atomic E-state index is 13.2. The third-order valence-corrected chi connectivity index (χ3v) is 3.36. The molecule has 1 rings (SSSR count). The van der Waals surface area contributed by atoms with E-state index in [2.05, 4.69) is 19.2 Å². The molecule has 0 aliphatic rings. The van der Waals surface area contributed by atoms with Gasteiger partial charge >= 0.3 is 0 Å². The van der Waals surface area contributed by atoms with Crippen molar-refractivity contribution in [1.29, 1.82) is 0 Å². The van der Waals surface area contributed by atoms with Gasteiger partial charge in [-0.25, -0.2) is 4.39 Å². The Labute approximate surface area is 119 Å². The van der Waals surface area contributed by atoms with E-state index >= 15 is 0 Å². The van der Waals surface area contributed by atoms with E-state index in [1.807, 2.05) is 0 Å². The van der Waals surface area contributed by atoms with E-state index in [9.17, 15) is 14.5 Å². The molecule has 5 heteroatoms. The van der Waals surface area contributed by atoms with Gasteiger partial charge in [-0.05, 0) is 25.0 Å². The first kappa shape index (κ1) is 16.6. The van der Waals surface area contributed by atoms with Gasteiger partial charge in [-0.2, -0.15) is 0 Å². The summed E-state index contributed by atoms with van der Waals surface area (Å²) in [5, 5.41) is 14.3. The first-order valence-corrected chi connectivity index (χ1v) is 7.24. The molecule has 0 aromatic heterocycles. The van der Waals surface area contributed by atoms with E-state index in [1.165, 1.54) is 12.1 Å². The number of unbranched alkanes of at least 4 members (excludes halogenated alkanes) is 1.